The van der Waals surface area contributed by atoms with Crippen molar-refractivity contribution in [1.29, 1.82) is 0 Å². The van der Waals surface area contributed by atoms with E-state index in [4.69, 9.17) is 0 Å². The molecular weight excluding hydrogens is 602 g/mol. The molecule has 0 saturated heterocycles. The van der Waals surface area contributed by atoms with Crippen LogP contribution >= 0.6 is 0 Å². The van der Waals surface area contributed by atoms with Gasteiger partial charge >= 0.3 is 11.9 Å². The molecule has 5 aromatic rings. The van der Waals surface area contributed by atoms with Crippen molar-refractivity contribution in [2.45, 2.75) is 0 Å². The number of carboxylic acids is 2. The number of ketones is 1. The Bertz CT molecular complexity index is 1950. The summed E-state index contributed by atoms with van der Waals surface area (Å²) in [6.45, 7) is 0. The third kappa shape index (κ3) is 7.62. The summed E-state index contributed by atoms with van der Waals surface area (Å²) < 4.78 is 0. The highest BCUT2D eigenvalue weighted by molar-refractivity contribution is 6.13. The van der Waals surface area contributed by atoms with E-state index in [-0.39, 0.29) is 28.1 Å². The second-order valence-electron chi connectivity index (χ2n) is 10.2. The molecule has 0 radical (unpaired) electrons. The first-order chi connectivity index (χ1) is 22.6. The second kappa shape index (κ2) is 13.8. The summed E-state index contributed by atoms with van der Waals surface area (Å²) in [7, 11) is 0. The molecule has 0 spiro atoms. The molecule has 0 unspecified atom stereocenters. The maximum atomic E-state index is 13.4. The average molecular weight is 628 g/mol. The second-order valence-corrected chi connectivity index (χ2v) is 10.2. The lowest BCUT2D eigenvalue weighted by atomic mass is 9.98. The van der Waals surface area contributed by atoms with Gasteiger partial charge in [0.2, 0.25) is 0 Å². The Labute approximate surface area is 267 Å². The topological polar surface area (TPSA) is 179 Å². The molecular formula is C36H25N3O8. The Morgan fingerprint density at radius 1 is 0.383 bits per heavy atom. The van der Waals surface area contributed by atoms with Crippen molar-refractivity contribution in [1.82, 2.24) is 0 Å². The van der Waals surface area contributed by atoms with Gasteiger partial charge in [0.1, 0.15) is 0 Å². The summed E-state index contributed by atoms with van der Waals surface area (Å²) in [5, 5.41) is 26.8. The molecule has 11 heteroatoms. The van der Waals surface area contributed by atoms with Crippen molar-refractivity contribution in [3.8, 4) is 0 Å². The van der Waals surface area contributed by atoms with Gasteiger partial charge in [-0.05, 0) is 78.9 Å². The SMILES string of the molecule is O=C(Nc1cc(NC(=O)c2ccccc2)cc(C(=O)Nc2ccc(C(=O)c3ccc(C(=O)O)c(C(=O)O)c3)cc2)c1)c1ccccc1. The van der Waals surface area contributed by atoms with Crippen molar-refractivity contribution in [3.05, 3.63) is 160 Å². The molecule has 5 aromatic carbocycles. The van der Waals surface area contributed by atoms with Crippen LogP contribution in [0.15, 0.2) is 121 Å². The zero-order valence-corrected chi connectivity index (χ0v) is 24.4. The van der Waals surface area contributed by atoms with Gasteiger partial charge in [-0.3, -0.25) is 19.2 Å². The third-order valence-corrected chi connectivity index (χ3v) is 6.93. The fraction of sp³-hybridized carbons (Fsp3) is 0. The van der Waals surface area contributed by atoms with Crippen LogP contribution in [0.25, 0.3) is 0 Å². The van der Waals surface area contributed by atoms with Crippen molar-refractivity contribution in [3.63, 3.8) is 0 Å². The van der Waals surface area contributed by atoms with E-state index in [2.05, 4.69) is 16.0 Å². The van der Waals surface area contributed by atoms with E-state index in [1.807, 2.05) is 0 Å². The summed E-state index contributed by atoms with van der Waals surface area (Å²) in [5.74, 6) is -4.89. The van der Waals surface area contributed by atoms with Crippen LogP contribution in [0, 0.1) is 0 Å². The normalized spacial score (nSPS) is 10.4. The van der Waals surface area contributed by atoms with Crippen molar-refractivity contribution in [2.75, 3.05) is 16.0 Å². The Morgan fingerprint density at radius 3 is 1.32 bits per heavy atom. The van der Waals surface area contributed by atoms with E-state index in [0.717, 1.165) is 12.1 Å². The molecule has 0 aliphatic carbocycles. The quantitative estimate of drug-likeness (QED) is 0.116. The molecule has 0 aromatic heterocycles. The van der Waals surface area contributed by atoms with Crippen molar-refractivity contribution in [2.24, 2.45) is 0 Å². The molecule has 232 valence electrons. The molecule has 0 saturated carbocycles. The number of carbonyl (C=O) groups excluding carboxylic acids is 4. The monoisotopic (exact) mass is 627 g/mol. The van der Waals surface area contributed by atoms with Crippen LogP contribution in [-0.2, 0) is 0 Å². The van der Waals surface area contributed by atoms with Crippen molar-refractivity contribution >= 4 is 52.5 Å². The van der Waals surface area contributed by atoms with Gasteiger partial charge in [-0.15, -0.1) is 0 Å². The zero-order chi connectivity index (χ0) is 33.5. The number of carboxylic acid groups (broad SMARTS) is 2. The van der Waals surface area contributed by atoms with E-state index in [1.54, 1.807) is 60.7 Å². The molecule has 11 nitrogen and oxygen atoms in total. The minimum absolute atomic E-state index is 0.0244. The van der Waals surface area contributed by atoms with Crippen LogP contribution < -0.4 is 16.0 Å². The average Bonchev–Trinajstić information content (AvgIpc) is 3.08. The van der Waals surface area contributed by atoms with Crippen molar-refractivity contribution < 1.29 is 39.0 Å². The van der Waals surface area contributed by atoms with Gasteiger partial charge in [-0.25, -0.2) is 9.59 Å². The summed E-state index contributed by atoms with van der Waals surface area (Å²) in [5.41, 5.74) is 0.894. The van der Waals surface area contributed by atoms with E-state index >= 15 is 0 Å². The van der Waals surface area contributed by atoms with Crippen LogP contribution in [0.3, 0.4) is 0 Å². The summed E-state index contributed by atoms with van der Waals surface area (Å²) in [4.78, 5) is 74.9. The summed E-state index contributed by atoms with van der Waals surface area (Å²) in [6.07, 6.45) is 0. The van der Waals surface area contributed by atoms with E-state index in [9.17, 15) is 39.0 Å². The van der Waals surface area contributed by atoms with Gasteiger partial charge in [0, 0.05) is 44.9 Å². The predicted octanol–water partition coefficient (Wildman–Crippen LogP) is 6.07. The molecule has 0 atom stereocenters. The molecule has 47 heavy (non-hydrogen) atoms. The van der Waals surface area contributed by atoms with Crippen LogP contribution in [0.1, 0.15) is 67.7 Å². The fourth-order valence-corrected chi connectivity index (χ4v) is 4.61. The Hall–Kier alpha value is -6.88. The molecule has 0 aliphatic rings. The molecule has 5 N–H and O–H groups in total. The maximum absolute atomic E-state index is 13.4. The van der Waals surface area contributed by atoms with Crippen LogP contribution in [0.2, 0.25) is 0 Å². The van der Waals surface area contributed by atoms with E-state index < -0.39 is 46.6 Å². The highest BCUT2D eigenvalue weighted by Gasteiger charge is 2.20. The lowest BCUT2D eigenvalue weighted by molar-refractivity contribution is 0.0651. The predicted molar refractivity (Wildman–Crippen MR) is 173 cm³/mol. The number of carbonyl (C=O) groups is 6. The minimum Gasteiger partial charge on any atom is -0.478 e. The number of aromatic carboxylic acids is 2. The first-order valence-corrected chi connectivity index (χ1v) is 14.0. The number of anilines is 3. The Morgan fingerprint density at radius 2 is 0.830 bits per heavy atom. The number of hydrogen-bond donors (Lipinski definition) is 5. The van der Waals surface area contributed by atoms with Gasteiger partial charge in [0.15, 0.2) is 5.78 Å². The highest BCUT2D eigenvalue weighted by Crippen LogP contribution is 2.23. The Balaban J connectivity index is 1.37. The van der Waals surface area contributed by atoms with Gasteiger partial charge in [-0.2, -0.15) is 0 Å². The van der Waals surface area contributed by atoms with Gasteiger partial charge in [0.25, 0.3) is 17.7 Å². The zero-order valence-electron chi connectivity index (χ0n) is 24.4. The highest BCUT2D eigenvalue weighted by atomic mass is 16.4. The van der Waals surface area contributed by atoms with Crippen LogP contribution in [0.4, 0.5) is 17.1 Å². The largest absolute Gasteiger partial charge is 0.478 e. The molecule has 0 bridgehead atoms. The smallest absolute Gasteiger partial charge is 0.336 e. The lowest BCUT2D eigenvalue weighted by Gasteiger charge is -2.13. The fourth-order valence-electron chi connectivity index (χ4n) is 4.61. The van der Waals surface area contributed by atoms with E-state index in [1.165, 1.54) is 48.5 Å². The van der Waals surface area contributed by atoms with Gasteiger partial charge in [-0.1, -0.05) is 42.5 Å². The van der Waals surface area contributed by atoms with Gasteiger partial charge < -0.3 is 26.2 Å². The third-order valence-electron chi connectivity index (χ3n) is 6.93. The van der Waals surface area contributed by atoms with Crippen LogP contribution in [-0.4, -0.2) is 45.7 Å². The number of rotatable bonds is 10. The van der Waals surface area contributed by atoms with Gasteiger partial charge in [0.05, 0.1) is 11.1 Å². The molecule has 0 heterocycles. The maximum Gasteiger partial charge on any atom is 0.336 e. The summed E-state index contributed by atoms with van der Waals surface area (Å²) in [6, 6.07) is 30.4. The first kappa shape index (κ1) is 31.5. The van der Waals surface area contributed by atoms with Crippen LogP contribution in [0.5, 0.6) is 0 Å². The standard InChI is InChI=1S/C36H25N3O8/c40-31(24-13-16-29(35(44)45)30(19-24)36(46)47)21-11-14-26(15-12-21)37-34(43)25-17-27(38-32(41)22-7-3-1-4-8-22)20-28(18-25)39-33(42)23-9-5-2-6-10-23/h1-20H,(H,37,43)(H,38,41)(H,39,42)(H,44,45)(H,46,47). The summed E-state index contributed by atoms with van der Waals surface area (Å²) >= 11 is 0. The molecule has 0 aliphatic heterocycles. The first-order valence-electron chi connectivity index (χ1n) is 14.0. The Kier molecular flexibility index (Phi) is 9.28. The molecule has 5 rings (SSSR count). The molecule has 3 amide bonds. The number of hydrogen-bond acceptors (Lipinski definition) is 6. The molecule has 0 fully saturated rings. The van der Waals surface area contributed by atoms with E-state index in [0.29, 0.717) is 16.8 Å². The number of nitrogens with one attached hydrogen (secondary N) is 3. The minimum atomic E-state index is -1.48. The number of amides is 3. The number of benzene rings is 5. The lowest BCUT2D eigenvalue weighted by Crippen LogP contribution is -2.17.